The van der Waals surface area contributed by atoms with E-state index in [0.29, 0.717) is 0 Å². The zero-order valence-corrected chi connectivity index (χ0v) is 11.4. The normalized spacial score (nSPS) is 20.6. The third kappa shape index (κ3) is 2.48. The third-order valence-electron chi connectivity index (χ3n) is 3.25. The summed E-state index contributed by atoms with van der Waals surface area (Å²) >= 11 is 8.28. The van der Waals surface area contributed by atoms with E-state index < -0.39 is 27.4 Å². The van der Waals surface area contributed by atoms with Crippen LogP contribution >= 0.6 is 25.3 Å². The van der Waals surface area contributed by atoms with Crippen molar-refractivity contribution in [2.45, 2.75) is 43.1 Å². The van der Waals surface area contributed by atoms with Crippen molar-refractivity contribution in [3.8, 4) is 0 Å². The van der Waals surface area contributed by atoms with Crippen molar-refractivity contribution in [3.63, 3.8) is 0 Å². The van der Waals surface area contributed by atoms with Gasteiger partial charge in [0.05, 0.1) is 0 Å². The van der Waals surface area contributed by atoms with E-state index in [1.165, 1.54) is 0 Å². The summed E-state index contributed by atoms with van der Waals surface area (Å²) in [6.45, 7) is 4.90. The Morgan fingerprint density at radius 1 is 1.06 bits per heavy atom. The molecule has 0 aromatic carbocycles. The second-order valence-corrected chi connectivity index (χ2v) is 5.48. The van der Waals surface area contributed by atoms with Crippen LogP contribution in [-0.4, -0.2) is 31.6 Å². The van der Waals surface area contributed by atoms with E-state index in [2.05, 4.69) is 25.3 Å². The third-order valence-corrected chi connectivity index (χ3v) is 5.04. The molecule has 0 aromatic heterocycles. The van der Waals surface area contributed by atoms with Gasteiger partial charge in [0.1, 0.15) is 9.49 Å². The van der Waals surface area contributed by atoms with Crippen LogP contribution in [-0.2, 0) is 9.59 Å². The molecule has 0 aliphatic heterocycles. The van der Waals surface area contributed by atoms with Crippen molar-refractivity contribution in [3.05, 3.63) is 0 Å². The molecule has 0 bridgehead atoms. The van der Waals surface area contributed by atoms with Gasteiger partial charge in [-0.15, -0.1) is 0 Å². The number of carboxylic acid groups (broad SMARTS) is 2. The number of carbonyl (C=O) groups is 2. The van der Waals surface area contributed by atoms with Crippen LogP contribution < -0.4 is 0 Å². The van der Waals surface area contributed by atoms with E-state index in [1.807, 2.05) is 0 Å². The predicted molar refractivity (Wildman–Crippen MR) is 68.5 cm³/mol. The van der Waals surface area contributed by atoms with Crippen molar-refractivity contribution in [1.82, 2.24) is 0 Å². The fraction of sp³-hybridized carbons (Fsp3) is 0.800. The van der Waals surface area contributed by atoms with Crippen molar-refractivity contribution in [1.29, 1.82) is 0 Å². The van der Waals surface area contributed by atoms with E-state index in [-0.39, 0.29) is 12.8 Å². The number of aliphatic carboxylic acids is 2. The molecule has 0 heterocycles. The molecule has 0 fully saturated rings. The predicted octanol–water partition coefficient (Wildman–Crippen LogP) is 1.95. The second-order valence-electron chi connectivity index (χ2n) is 3.89. The molecule has 16 heavy (non-hydrogen) atoms. The Labute approximate surface area is 106 Å². The Morgan fingerprint density at radius 2 is 1.31 bits per heavy atom. The molecule has 0 aromatic rings. The average Bonchev–Trinajstić information content (AvgIpc) is 2.25. The first-order chi connectivity index (χ1) is 7.16. The van der Waals surface area contributed by atoms with Crippen LogP contribution in [0.1, 0.15) is 33.6 Å². The van der Waals surface area contributed by atoms with Gasteiger partial charge in [-0.2, -0.15) is 25.3 Å². The summed E-state index contributed by atoms with van der Waals surface area (Å²) in [6, 6.07) is 0. The lowest BCUT2D eigenvalue weighted by Gasteiger charge is -2.39. The Morgan fingerprint density at radius 3 is 1.44 bits per heavy atom. The molecule has 2 unspecified atom stereocenters. The summed E-state index contributed by atoms with van der Waals surface area (Å²) in [5, 5.41) is 18.3. The van der Waals surface area contributed by atoms with E-state index in [1.54, 1.807) is 20.8 Å². The highest BCUT2D eigenvalue weighted by atomic mass is 32.1. The molecule has 0 amide bonds. The van der Waals surface area contributed by atoms with Crippen LogP contribution in [0.15, 0.2) is 0 Å². The van der Waals surface area contributed by atoms with Gasteiger partial charge in [0.25, 0.3) is 0 Å². The summed E-state index contributed by atoms with van der Waals surface area (Å²) in [7, 11) is 0. The second kappa shape index (κ2) is 5.31. The van der Waals surface area contributed by atoms with E-state index in [9.17, 15) is 9.59 Å². The van der Waals surface area contributed by atoms with Gasteiger partial charge in [-0.3, -0.25) is 9.59 Å². The monoisotopic (exact) mass is 266 g/mol. The first kappa shape index (κ1) is 15.6. The first-order valence-electron chi connectivity index (χ1n) is 5.08. The van der Waals surface area contributed by atoms with Gasteiger partial charge in [-0.25, -0.2) is 0 Å². The Hall–Kier alpha value is -0.360. The molecular formula is C10H18O4S2. The number of thiol groups is 2. The molecule has 4 nitrogen and oxygen atoms in total. The summed E-state index contributed by atoms with van der Waals surface area (Å²) in [5.41, 5.74) is 0. The number of hydrogen-bond acceptors (Lipinski definition) is 4. The van der Waals surface area contributed by atoms with Crippen molar-refractivity contribution >= 4 is 37.2 Å². The van der Waals surface area contributed by atoms with Crippen LogP contribution in [0, 0.1) is 5.92 Å². The van der Waals surface area contributed by atoms with Gasteiger partial charge in [0.2, 0.25) is 0 Å². The lowest BCUT2D eigenvalue weighted by molar-refractivity contribution is -0.145. The van der Waals surface area contributed by atoms with Gasteiger partial charge in [-0.1, -0.05) is 20.8 Å². The molecule has 0 rings (SSSR count). The maximum atomic E-state index is 11.2. The Bertz CT molecular complexity index is 267. The van der Waals surface area contributed by atoms with E-state index in [4.69, 9.17) is 10.2 Å². The highest BCUT2D eigenvalue weighted by Crippen LogP contribution is 2.41. The zero-order valence-electron chi connectivity index (χ0n) is 9.60. The molecule has 2 atom stereocenters. The molecule has 0 aliphatic carbocycles. The standard InChI is InChI=1S/C10H18O4S2/c1-4-9(15,7(11)12)6(3)10(16,5-2)8(13)14/h6,15-16H,4-5H2,1-3H3,(H,11,12)(H,13,14). The number of rotatable bonds is 6. The zero-order chi connectivity index (χ0) is 13.1. The molecule has 94 valence electrons. The molecule has 0 saturated heterocycles. The lowest BCUT2D eigenvalue weighted by Crippen LogP contribution is -2.52. The molecule has 0 spiro atoms. The van der Waals surface area contributed by atoms with Crippen molar-refractivity contribution in [2.24, 2.45) is 5.92 Å². The van der Waals surface area contributed by atoms with Crippen LogP contribution in [0.3, 0.4) is 0 Å². The Balaban J connectivity index is 5.38. The number of carboxylic acids is 2. The average molecular weight is 266 g/mol. The fourth-order valence-corrected chi connectivity index (χ4v) is 2.22. The summed E-state index contributed by atoms with van der Waals surface area (Å²) in [6.07, 6.45) is 0.477. The summed E-state index contributed by atoms with van der Waals surface area (Å²) in [4.78, 5) is 22.4. The largest absolute Gasteiger partial charge is 0.480 e. The maximum Gasteiger partial charge on any atom is 0.319 e. The molecule has 0 saturated carbocycles. The van der Waals surface area contributed by atoms with Gasteiger partial charge in [0.15, 0.2) is 0 Å². The lowest BCUT2D eigenvalue weighted by atomic mass is 9.78. The number of hydrogen-bond donors (Lipinski definition) is 4. The molecule has 0 aliphatic rings. The van der Waals surface area contributed by atoms with E-state index in [0.717, 1.165) is 0 Å². The van der Waals surface area contributed by atoms with Gasteiger partial charge >= 0.3 is 11.9 Å². The Kier molecular flexibility index (Phi) is 5.19. The highest BCUT2D eigenvalue weighted by Gasteiger charge is 2.51. The van der Waals surface area contributed by atoms with Gasteiger partial charge < -0.3 is 10.2 Å². The van der Waals surface area contributed by atoms with Gasteiger partial charge in [0, 0.05) is 5.92 Å². The van der Waals surface area contributed by atoms with Crippen molar-refractivity contribution < 1.29 is 19.8 Å². The molecule has 6 heteroatoms. The molecular weight excluding hydrogens is 248 g/mol. The van der Waals surface area contributed by atoms with Crippen LogP contribution in [0.5, 0.6) is 0 Å². The van der Waals surface area contributed by atoms with Crippen molar-refractivity contribution in [2.75, 3.05) is 0 Å². The highest BCUT2D eigenvalue weighted by molar-refractivity contribution is 7.83. The maximum absolute atomic E-state index is 11.2. The summed E-state index contributed by atoms with van der Waals surface area (Å²) in [5.74, 6) is -2.92. The first-order valence-corrected chi connectivity index (χ1v) is 5.97. The smallest absolute Gasteiger partial charge is 0.319 e. The minimum absolute atomic E-state index is 0.238. The minimum atomic E-state index is -1.38. The van der Waals surface area contributed by atoms with E-state index >= 15 is 0 Å². The topological polar surface area (TPSA) is 74.6 Å². The SMILES string of the molecule is CCC(S)(C(=O)O)C(C)C(S)(CC)C(=O)O. The molecule has 0 radical (unpaired) electrons. The van der Waals surface area contributed by atoms with Crippen LogP contribution in [0.25, 0.3) is 0 Å². The summed E-state index contributed by atoms with van der Waals surface area (Å²) < 4.78 is -2.76. The van der Waals surface area contributed by atoms with Crippen LogP contribution in [0.2, 0.25) is 0 Å². The molecule has 2 N–H and O–H groups in total. The quantitative estimate of drug-likeness (QED) is 0.554. The van der Waals surface area contributed by atoms with Crippen LogP contribution in [0.4, 0.5) is 0 Å². The van der Waals surface area contributed by atoms with Gasteiger partial charge in [-0.05, 0) is 12.8 Å². The minimum Gasteiger partial charge on any atom is -0.480 e. The fourth-order valence-electron chi connectivity index (χ4n) is 1.68.